The minimum absolute atomic E-state index is 0.676. The molecule has 4 nitrogen and oxygen atoms in total. The number of benzene rings is 2. The van der Waals surface area contributed by atoms with Crippen LogP contribution in [0.15, 0.2) is 48.5 Å². The Morgan fingerprint density at radius 2 is 1.76 bits per heavy atom. The van der Waals surface area contributed by atoms with Crippen molar-refractivity contribution in [3.63, 3.8) is 0 Å². The molecule has 1 fully saturated rings. The van der Waals surface area contributed by atoms with Gasteiger partial charge in [-0.15, -0.1) is 0 Å². The van der Waals surface area contributed by atoms with E-state index in [1.165, 1.54) is 5.69 Å². The van der Waals surface area contributed by atoms with Gasteiger partial charge in [0.05, 0.1) is 12.3 Å². The Bertz CT molecular complexity index is 672. The monoisotopic (exact) mass is 360 g/mol. The van der Waals surface area contributed by atoms with Crippen molar-refractivity contribution in [2.75, 3.05) is 50.8 Å². The van der Waals surface area contributed by atoms with E-state index in [2.05, 4.69) is 21.9 Å². The Morgan fingerprint density at radius 1 is 0.960 bits per heavy atom. The molecule has 1 heterocycles. The molecule has 0 amide bonds. The molecular formula is C20H25ClN2O2. The maximum atomic E-state index is 5.98. The van der Waals surface area contributed by atoms with E-state index in [0.717, 1.165) is 44.2 Å². The van der Waals surface area contributed by atoms with Gasteiger partial charge in [-0.05, 0) is 37.3 Å². The normalized spacial score (nSPS) is 15.2. The van der Waals surface area contributed by atoms with Crippen molar-refractivity contribution in [2.45, 2.75) is 6.92 Å². The van der Waals surface area contributed by atoms with Gasteiger partial charge in [0.2, 0.25) is 0 Å². The molecule has 2 aromatic rings. The van der Waals surface area contributed by atoms with Gasteiger partial charge in [-0.25, -0.2) is 0 Å². The third-order valence-electron chi connectivity index (χ3n) is 4.35. The maximum absolute atomic E-state index is 5.98. The van der Waals surface area contributed by atoms with Crippen LogP contribution in [0.25, 0.3) is 0 Å². The molecule has 0 atom stereocenters. The Kier molecular flexibility index (Phi) is 6.42. The summed E-state index contributed by atoms with van der Waals surface area (Å²) in [4.78, 5) is 4.84. The lowest BCUT2D eigenvalue weighted by Crippen LogP contribution is -2.47. The summed E-state index contributed by atoms with van der Waals surface area (Å²) in [5.74, 6) is 1.81. The molecule has 5 heteroatoms. The molecule has 0 aromatic heterocycles. The van der Waals surface area contributed by atoms with Gasteiger partial charge in [0.25, 0.3) is 0 Å². The van der Waals surface area contributed by atoms with Crippen molar-refractivity contribution >= 4 is 17.3 Å². The molecule has 0 bridgehead atoms. The highest BCUT2D eigenvalue weighted by Crippen LogP contribution is 2.28. The number of rotatable bonds is 7. The third kappa shape index (κ3) is 5.03. The molecule has 0 spiro atoms. The van der Waals surface area contributed by atoms with Crippen molar-refractivity contribution in [3.05, 3.63) is 53.6 Å². The molecule has 3 rings (SSSR count). The summed E-state index contributed by atoms with van der Waals surface area (Å²) in [6.07, 6.45) is 0. The van der Waals surface area contributed by atoms with Gasteiger partial charge in [-0.3, -0.25) is 4.90 Å². The fourth-order valence-electron chi connectivity index (χ4n) is 3.06. The SMILES string of the molecule is CCOc1ccccc1N1CCN(CCOc2cccc(Cl)c2)CC1. The average Bonchev–Trinajstić information content (AvgIpc) is 2.63. The zero-order valence-electron chi connectivity index (χ0n) is 14.7. The van der Waals surface area contributed by atoms with Crippen LogP contribution in [0.2, 0.25) is 5.02 Å². The second kappa shape index (κ2) is 8.97. The van der Waals surface area contributed by atoms with Crippen LogP contribution in [-0.4, -0.2) is 50.8 Å². The van der Waals surface area contributed by atoms with Crippen molar-refractivity contribution < 1.29 is 9.47 Å². The van der Waals surface area contributed by atoms with Gasteiger partial charge in [0.15, 0.2) is 0 Å². The van der Waals surface area contributed by atoms with Crippen LogP contribution in [0.4, 0.5) is 5.69 Å². The number of para-hydroxylation sites is 2. The number of halogens is 1. The first-order valence-electron chi connectivity index (χ1n) is 8.84. The van der Waals surface area contributed by atoms with Gasteiger partial charge in [-0.1, -0.05) is 29.8 Å². The Morgan fingerprint density at radius 3 is 2.52 bits per heavy atom. The van der Waals surface area contributed by atoms with Crippen LogP contribution in [0, 0.1) is 0 Å². The average molecular weight is 361 g/mol. The summed E-state index contributed by atoms with van der Waals surface area (Å²) in [5, 5.41) is 0.707. The molecule has 1 aliphatic rings. The first-order chi connectivity index (χ1) is 12.3. The van der Waals surface area contributed by atoms with Crippen LogP contribution < -0.4 is 14.4 Å². The second-order valence-electron chi connectivity index (χ2n) is 6.04. The zero-order valence-corrected chi connectivity index (χ0v) is 15.4. The molecule has 0 unspecified atom stereocenters. The van der Waals surface area contributed by atoms with Gasteiger partial charge in [-0.2, -0.15) is 0 Å². The lowest BCUT2D eigenvalue weighted by Gasteiger charge is -2.36. The van der Waals surface area contributed by atoms with Gasteiger partial charge >= 0.3 is 0 Å². The molecule has 1 saturated heterocycles. The largest absolute Gasteiger partial charge is 0.492 e. The minimum Gasteiger partial charge on any atom is -0.492 e. The van der Waals surface area contributed by atoms with Crippen molar-refractivity contribution in [1.82, 2.24) is 4.90 Å². The number of piperazine rings is 1. The summed E-state index contributed by atoms with van der Waals surface area (Å²) in [6, 6.07) is 15.8. The first-order valence-corrected chi connectivity index (χ1v) is 9.21. The van der Waals surface area contributed by atoms with Gasteiger partial charge < -0.3 is 14.4 Å². The smallest absolute Gasteiger partial charge is 0.142 e. The Hall–Kier alpha value is -1.91. The van der Waals surface area contributed by atoms with E-state index in [-0.39, 0.29) is 0 Å². The number of ether oxygens (including phenoxy) is 2. The highest BCUT2D eigenvalue weighted by atomic mass is 35.5. The van der Waals surface area contributed by atoms with E-state index in [1.807, 2.05) is 43.3 Å². The van der Waals surface area contributed by atoms with Crippen LogP contribution in [0.3, 0.4) is 0 Å². The van der Waals surface area contributed by atoms with Crippen molar-refractivity contribution in [3.8, 4) is 11.5 Å². The summed E-state index contributed by atoms with van der Waals surface area (Å²) in [7, 11) is 0. The number of nitrogens with zero attached hydrogens (tertiary/aromatic N) is 2. The highest BCUT2D eigenvalue weighted by molar-refractivity contribution is 6.30. The van der Waals surface area contributed by atoms with Crippen LogP contribution >= 0.6 is 11.6 Å². The molecule has 0 aliphatic carbocycles. The molecule has 134 valence electrons. The molecule has 2 aromatic carbocycles. The lowest BCUT2D eigenvalue weighted by molar-refractivity contribution is 0.200. The topological polar surface area (TPSA) is 24.9 Å². The Balaban J connectivity index is 1.46. The number of anilines is 1. The molecule has 25 heavy (non-hydrogen) atoms. The molecular weight excluding hydrogens is 336 g/mol. The van der Waals surface area contributed by atoms with Gasteiger partial charge in [0, 0.05) is 37.7 Å². The molecule has 0 radical (unpaired) electrons. The van der Waals surface area contributed by atoms with E-state index in [4.69, 9.17) is 21.1 Å². The van der Waals surface area contributed by atoms with E-state index in [0.29, 0.717) is 18.2 Å². The molecule has 0 saturated carbocycles. The molecule has 1 aliphatic heterocycles. The van der Waals surface area contributed by atoms with E-state index < -0.39 is 0 Å². The predicted octanol–water partition coefficient (Wildman–Crippen LogP) is 3.94. The summed E-state index contributed by atoms with van der Waals surface area (Å²) in [5.41, 5.74) is 1.19. The van der Waals surface area contributed by atoms with E-state index in [1.54, 1.807) is 0 Å². The Labute approximate surface area is 154 Å². The minimum atomic E-state index is 0.676. The summed E-state index contributed by atoms with van der Waals surface area (Å²) >= 11 is 5.98. The van der Waals surface area contributed by atoms with E-state index >= 15 is 0 Å². The third-order valence-corrected chi connectivity index (χ3v) is 4.59. The number of hydrogen-bond acceptors (Lipinski definition) is 4. The van der Waals surface area contributed by atoms with Crippen LogP contribution in [0.1, 0.15) is 6.92 Å². The quantitative estimate of drug-likeness (QED) is 0.746. The number of hydrogen-bond donors (Lipinski definition) is 0. The van der Waals surface area contributed by atoms with Crippen LogP contribution in [-0.2, 0) is 0 Å². The lowest BCUT2D eigenvalue weighted by atomic mass is 10.2. The first kappa shape index (κ1) is 17.9. The summed E-state index contributed by atoms with van der Waals surface area (Å²) < 4.78 is 11.5. The fourth-order valence-corrected chi connectivity index (χ4v) is 3.24. The second-order valence-corrected chi connectivity index (χ2v) is 6.47. The standard InChI is InChI=1S/C20H25ClN2O2/c1-2-24-20-9-4-3-8-19(20)23-12-10-22(11-13-23)14-15-25-18-7-5-6-17(21)16-18/h3-9,16H,2,10-15H2,1H3. The molecule has 0 N–H and O–H groups in total. The fraction of sp³-hybridized carbons (Fsp3) is 0.400. The predicted molar refractivity (Wildman–Crippen MR) is 103 cm³/mol. The summed E-state index contributed by atoms with van der Waals surface area (Å²) in [6.45, 7) is 8.37. The van der Waals surface area contributed by atoms with Crippen molar-refractivity contribution in [1.29, 1.82) is 0 Å². The van der Waals surface area contributed by atoms with Gasteiger partial charge in [0.1, 0.15) is 18.1 Å². The maximum Gasteiger partial charge on any atom is 0.142 e. The van der Waals surface area contributed by atoms with E-state index in [9.17, 15) is 0 Å². The zero-order chi connectivity index (χ0) is 17.5. The highest BCUT2D eigenvalue weighted by Gasteiger charge is 2.19. The van der Waals surface area contributed by atoms with Crippen LogP contribution in [0.5, 0.6) is 11.5 Å². The van der Waals surface area contributed by atoms with Crippen molar-refractivity contribution in [2.24, 2.45) is 0 Å².